The number of nitrogens with one attached hydrogen (secondary N) is 1. The number of halogens is 2. The van der Waals surface area contributed by atoms with Gasteiger partial charge in [-0.05, 0) is 6.07 Å². The first kappa shape index (κ1) is 9.55. The molecule has 1 atom stereocenters. The van der Waals surface area contributed by atoms with Crippen LogP contribution in [-0.4, -0.2) is 19.7 Å². The lowest BCUT2D eigenvalue weighted by Gasteiger charge is -2.24. The molecule has 0 saturated carbocycles. The van der Waals surface area contributed by atoms with Crippen LogP contribution in [0.25, 0.3) is 0 Å². The molecule has 0 unspecified atom stereocenters. The summed E-state index contributed by atoms with van der Waals surface area (Å²) in [6.07, 6.45) is -0.302. The van der Waals surface area contributed by atoms with Crippen molar-refractivity contribution in [1.82, 2.24) is 5.32 Å². The van der Waals surface area contributed by atoms with Gasteiger partial charge in [0.05, 0.1) is 12.7 Å². The quantitative estimate of drug-likeness (QED) is 0.742. The number of hydrogen-bond acceptors (Lipinski definition) is 2. The van der Waals surface area contributed by atoms with Crippen LogP contribution < -0.4 is 5.32 Å². The highest BCUT2D eigenvalue weighted by Crippen LogP contribution is 2.22. The van der Waals surface area contributed by atoms with Gasteiger partial charge in [-0.3, -0.25) is 0 Å². The van der Waals surface area contributed by atoms with E-state index in [0.29, 0.717) is 18.7 Å². The zero-order valence-electron chi connectivity index (χ0n) is 7.59. The van der Waals surface area contributed by atoms with Crippen molar-refractivity contribution in [2.24, 2.45) is 0 Å². The first-order valence-electron chi connectivity index (χ1n) is 4.54. The zero-order valence-corrected chi connectivity index (χ0v) is 7.59. The van der Waals surface area contributed by atoms with E-state index in [-0.39, 0.29) is 6.10 Å². The molecule has 1 aromatic rings. The van der Waals surface area contributed by atoms with Gasteiger partial charge in [-0.25, -0.2) is 8.78 Å². The molecule has 1 aromatic carbocycles. The van der Waals surface area contributed by atoms with Crippen molar-refractivity contribution in [2.45, 2.75) is 6.10 Å². The summed E-state index contributed by atoms with van der Waals surface area (Å²) < 4.78 is 31.3. The Balaban J connectivity index is 2.22. The average molecular weight is 199 g/mol. The molecule has 1 heterocycles. The van der Waals surface area contributed by atoms with Crippen LogP contribution in [0.4, 0.5) is 8.78 Å². The highest BCUT2D eigenvalue weighted by molar-refractivity contribution is 5.21. The first-order valence-corrected chi connectivity index (χ1v) is 4.54. The highest BCUT2D eigenvalue weighted by Gasteiger charge is 2.19. The van der Waals surface area contributed by atoms with Crippen LogP contribution in [0.15, 0.2) is 18.2 Å². The van der Waals surface area contributed by atoms with Gasteiger partial charge in [-0.15, -0.1) is 0 Å². The number of hydrogen-bond donors (Lipinski definition) is 1. The number of morpholine rings is 1. The lowest BCUT2D eigenvalue weighted by atomic mass is 10.1. The van der Waals surface area contributed by atoms with Crippen LogP contribution in [-0.2, 0) is 4.74 Å². The van der Waals surface area contributed by atoms with Gasteiger partial charge in [0.1, 0.15) is 11.6 Å². The van der Waals surface area contributed by atoms with E-state index in [2.05, 4.69) is 5.32 Å². The molecule has 1 aliphatic heterocycles. The largest absolute Gasteiger partial charge is 0.371 e. The SMILES string of the molecule is Fc1ccc([C@@H]2CNCCO2)c(F)c1. The van der Waals surface area contributed by atoms with Crippen molar-refractivity contribution >= 4 is 0 Å². The fraction of sp³-hybridized carbons (Fsp3) is 0.400. The maximum absolute atomic E-state index is 13.3. The molecule has 0 aromatic heterocycles. The Labute approximate surface area is 80.9 Å². The summed E-state index contributed by atoms with van der Waals surface area (Å²) in [7, 11) is 0. The Morgan fingerprint density at radius 3 is 2.86 bits per heavy atom. The summed E-state index contributed by atoms with van der Waals surface area (Å²) in [5.41, 5.74) is 0.415. The molecule has 4 heteroatoms. The number of benzene rings is 1. The second-order valence-corrected chi connectivity index (χ2v) is 3.23. The molecule has 0 spiro atoms. The van der Waals surface area contributed by atoms with Crippen molar-refractivity contribution in [3.63, 3.8) is 0 Å². The summed E-state index contributed by atoms with van der Waals surface area (Å²) in [5, 5.41) is 3.09. The molecule has 0 amide bonds. The summed E-state index contributed by atoms with van der Waals surface area (Å²) in [6.45, 7) is 1.91. The fourth-order valence-corrected chi connectivity index (χ4v) is 1.53. The summed E-state index contributed by atoms with van der Waals surface area (Å²) >= 11 is 0. The van der Waals surface area contributed by atoms with Gasteiger partial charge in [-0.2, -0.15) is 0 Å². The van der Waals surface area contributed by atoms with Gasteiger partial charge in [0.15, 0.2) is 0 Å². The second kappa shape index (κ2) is 4.02. The van der Waals surface area contributed by atoms with Crippen LogP contribution in [0.3, 0.4) is 0 Å². The Hall–Kier alpha value is -1.00. The van der Waals surface area contributed by atoms with Gasteiger partial charge < -0.3 is 10.1 Å². The summed E-state index contributed by atoms with van der Waals surface area (Å²) in [4.78, 5) is 0. The molecule has 0 bridgehead atoms. The Morgan fingerprint density at radius 2 is 2.21 bits per heavy atom. The molecule has 0 radical (unpaired) electrons. The molecule has 0 aliphatic carbocycles. The third kappa shape index (κ3) is 1.91. The fourth-order valence-electron chi connectivity index (χ4n) is 1.53. The van der Waals surface area contributed by atoms with Crippen molar-refractivity contribution in [1.29, 1.82) is 0 Å². The Kier molecular flexibility index (Phi) is 2.74. The standard InChI is InChI=1S/C10H11F2NO/c11-7-1-2-8(9(12)5-7)10-6-13-3-4-14-10/h1-2,5,10,13H,3-4,6H2/t10-/m0/s1. The molecular weight excluding hydrogens is 188 g/mol. The van der Waals surface area contributed by atoms with Crippen molar-refractivity contribution < 1.29 is 13.5 Å². The van der Waals surface area contributed by atoms with Gasteiger partial charge in [0, 0.05) is 24.7 Å². The van der Waals surface area contributed by atoms with E-state index in [1.54, 1.807) is 0 Å². The smallest absolute Gasteiger partial charge is 0.131 e. The highest BCUT2D eigenvalue weighted by atomic mass is 19.1. The van der Waals surface area contributed by atoms with E-state index >= 15 is 0 Å². The van der Waals surface area contributed by atoms with E-state index < -0.39 is 11.6 Å². The normalized spacial score (nSPS) is 22.3. The minimum atomic E-state index is -0.560. The Morgan fingerprint density at radius 1 is 1.36 bits per heavy atom. The minimum Gasteiger partial charge on any atom is -0.371 e. The predicted molar refractivity (Wildman–Crippen MR) is 47.9 cm³/mol. The van der Waals surface area contributed by atoms with Crippen molar-refractivity contribution in [2.75, 3.05) is 19.7 Å². The third-order valence-corrected chi connectivity index (χ3v) is 2.24. The lowest BCUT2D eigenvalue weighted by molar-refractivity contribution is 0.0255. The Bertz CT molecular complexity index is 324. The zero-order chi connectivity index (χ0) is 9.97. The van der Waals surface area contributed by atoms with E-state index in [0.717, 1.165) is 12.6 Å². The van der Waals surface area contributed by atoms with Crippen LogP contribution in [0, 0.1) is 11.6 Å². The van der Waals surface area contributed by atoms with Gasteiger partial charge in [0.2, 0.25) is 0 Å². The van der Waals surface area contributed by atoms with E-state index in [1.165, 1.54) is 12.1 Å². The molecule has 76 valence electrons. The van der Waals surface area contributed by atoms with E-state index in [1.807, 2.05) is 0 Å². The topological polar surface area (TPSA) is 21.3 Å². The second-order valence-electron chi connectivity index (χ2n) is 3.23. The molecule has 1 N–H and O–H groups in total. The molecule has 1 saturated heterocycles. The van der Waals surface area contributed by atoms with Crippen molar-refractivity contribution in [3.05, 3.63) is 35.4 Å². The molecule has 1 aliphatic rings. The van der Waals surface area contributed by atoms with Crippen LogP contribution >= 0.6 is 0 Å². The monoisotopic (exact) mass is 199 g/mol. The summed E-state index contributed by atoms with van der Waals surface area (Å²) in [6, 6.07) is 3.56. The third-order valence-electron chi connectivity index (χ3n) is 2.24. The lowest BCUT2D eigenvalue weighted by Crippen LogP contribution is -2.33. The van der Waals surface area contributed by atoms with Gasteiger partial charge >= 0.3 is 0 Å². The minimum absolute atomic E-state index is 0.302. The average Bonchev–Trinajstić information content (AvgIpc) is 2.19. The molecular formula is C10H11F2NO. The van der Waals surface area contributed by atoms with Crippen LogP contribution in [0.2, 0.25) is 0 Å². The molecule has 14 heavy (non-hydrogen) atoms. The van der Waals surface area contributed by atoms with E-state index in [9.17, 15) is 8.78 Å². The molecule has 2 rings (SSSR count). The van der Waals surface area contributed by atoms with Crippen LogP contribution in [0.5, 0.6) is 0 Å². The summed E-state index contributed by atoms with van der Waals surface area (Å²) in [5.74, 6) is -1.10. The number of rotatable bonds is 1. The van der Waals surface area contributed by atoms with Gasteiger partial charge in [-0.1, -0.05) is 6.07 Å². The molecule has 1 fully saturated rings. The van der Waals surface area contributed by atoms with Crippen molar-refractivity contribution in [3.8, 4) is 0 Å². The first-order chi connectivity index (χ1) is 6.77. The number of ether oxygens (including phenoxy) is 1. The van der Waals surface area contributed by atoms with E-state index in [4.69, 9.17) is 4.74 Å². The predicted octanol–water partition coefficient (Wildman–Crippen LogP) is 1.63. The van der Waals surface area contributed by atoms with Gasteiger partial charge in [0.25, 0.3) is 0 Å². The van der Waals surface area contributed by atoms with Crippen LogP contribution in [0.1, 0.15) is 11.7 Å². The maximum Gasteiger partial charge on any atom is 0.131 e. The molecule has 2 nitrogen and oxygen atoms in total. The maximum atomic E-state index is 13.3.